The summed E-state index contributed by atoms with van der Waals surface area (Å²) in [5.74, 6) is -0.193. The molecule has 0 bridgehead atoms. The van der Waals surface area contributed by atoms with Crippen LogP contribution in [0.25, 0.3) is 0 Å². The molecule has 0 spiro atoms. The minimum atomic E-state index is -0.193. The summed E-state index contributed by atoms with van der Waals surface area (Å²) in [7, 11) is 0. The maximum absolute atomic E-state index is 9.98. The second kappa shape index (κ2) is 10.9. The van der Waals surface area contributed by atoms with Crippen LogP contribution in [0.3, 0.4) is 0 Å². The van der Waals surface area contributed by atoms with Crippen molar-refractivity contribution in [2.75, 3.05) is 6.61 Å². The standard InChI is InChI=1S/C5H10O2.C2H3N/c1-3-4-7-5(2)6;1-2-3/h3-4H2,1-2H3;1H3. The molecule has 0 aliphatic carbocycles. The van der Waals surface area contributed by atoms with Gasteiger partial charge in [-0.25, -0.2) is 0 Å². The van der Waals surface area contributed by atoms with Crippen LogP contribution < -0.4 is 0 Å². The van der Waals surface area contributed by atoms with E-state index >= 15 is 0 Å². The van der Waals surface area contributed by atoms with E-state index in [1.54, 1.807) is 6.07 Å². The molecule has 0 saturated carbocycles. The molecule has 3 heteroatoms. The summed E-state index contributed by atoms with van der Waals surface area (Å²) >= 11 is 0. The minimum Gasteiger partial charge on any atom is -0.466 e. The van der Waals surface area contributed by atoms with Gasteiger partial charge < -0.3 is 4.74 Å². The minimum absolute atomic E-state index is 0.193. The summed E-state index contributed by atoms with van der Waals surface area (Å²) < 4.78 is 4.55. The summed E-state index contributed by atoms with van der Waals surface area (Å²) in [5.41, 5.74) is 0. The highest BCUT2D eigenvalue weighted by Crippen LogP contribution is 1.78. The highest BCUT2D eigenvalue weighted by Gasteiger charge is 1.85. The Balaban J connectivity index is 0. The van der Waals surface area contributed by atoms with Gasteiger partial charge in [0.2, 0.25) is 0 Å². The number of ether oxygens (including phenoxy) is 1. The second-order valence-corrected chi connectivity index (χ2v) is 1.56. The Morgan fingerprint density at radius 1 is 1.70 bits per heavy atom. The molecule has 0 saturated heterocycles. The van der Waals surface area contributed by atoms with Crippen LogP contribution in [-0.2, 0) is 9.53 Å². The molecular weight excluding hydrogens is 130 g/mol. The fourth-order valence-corrected chi connectivity index (χ4v) is 0.246. The molecule has 0 fully saturated rings. The lowest BCUT2D eigenvalue weighted by Gasteiger charge is -1.93. The zero-order chi connectivity index (χ0) is 8.41. The molecular formula is C7H13NO2. The topological polar surface area (TPSA) is 50.1 Å². The van der Waals surface area contributed by atoms with Crippen LogP contribution in [0.1, 0.15) is 27.2 Å². The first-order valence-electron chi connectivity index (χ1n) is 3.13. The molecule has 0 heterocycles. The first kappa shape index (κ1) is 11.7. The monoisotopic (exact) mass is 143 g/mol. The highest BCUT2D eigenvalue weighted by atomic mass is 16.5. The summed E-state index contributed by atoms with van der Waals surface area (Å²) in [5, 5.41) is 7.32. The van der Waals surface area contributed by atoms with E-state index in [9.17, 15) is 4.79 Å². The molecule has 0 aliphatic heterocycles. The van der Waals surface area contributed by atoms with E-state index in [0.717, 1.165) is 6.42 Å². The third-order valence-corrected chi connectivity index (χ3v) is 0.509. The molecule has 0 atom stereocenters. The molecule has 0 aromatic rings. The fraction of sp³-hybridized carbons (Fsp3) is 0.714. The van der Waals surface area contributed by atoms with Crippen molar-refractivity contribution in [3.05, 3.63) is 0 Å². The number of esters is 1. The fourth-order valence-electron chi connectivity index (χ4n) is 0.246. The third kappa shape index (κ3) is 28.2. The molecule has 0 aromatic carbocycles. The maximum Gasteiger partial charge on any atom is 0.302 e. The van der Waals surface area contributed by atoms with Crippen LogP contribution in [0.2, 0.25) is 0 Å². The Labute approximate surface area is 61.6 Å². The average Bonchev–Trinajstić information content (AvgIpc) is 1.85. The number of nitriles is 1. The van der Waals surface area contributed by atoms with E-state index in [1.807, 2.05) is 6.92 Å². The van der Waals surface area contributed by atoms with Gasteiger partial charge in [-0.05, 0) is 6.42 Å². The van der Waals surface area contributed by atoms with E-state index in [4.69, 9.17) is 5.26 Å². The van der Waals surface area contributed by atoms with Gasteiger partial charge in [-0.2, -0.15) is 5.26 Å². The lowest BCUT2D eigenvalue weighted by Crippen LogP contribution is -1.98. The van der Waals surface area contributed by atoms with Crippen LogP contribution in [0.5, 0.6) is 0 Å². The van der Waals surface area contributed by atoms with Gasteiger partial charge in [0, 0.05) is 13.8 Å². The van der Waals surface area contributed by atoms with Gasteiger partial charge in [0.15, 0.2) is 0 Å². The van der Waals surface area contributed by atoms with Crippen LogP contribution in [0.15, 0.2) is 0 Å². The van der Waals surface area contributed by atoms with E-state index in [0.29, 0.717) is 6.61 Å². The van der Waals surface area contributed by atoms with Gasteiger partial charge in [-0.1, -0.05) is 6.92 Å². The van der Waals surface area contributed by atoms with Crippen LogP contribution in [-0.4, -0.2) is 12.6 Å². The van der Waals surface area contributed by atoms with Crippen molar-refractivity contribution in [2.45, 2.75) is 27.2 Å². The smallest absolute Gasteiger partial charge is 0.302 e. The number of rotatable bonds is 2. The van der Waals surface area contributed by atoms with Gasteiger partial charge in [0.05, 0.1) is 12.7 Å². The van der Waals surface area contributed by atoms with Crippen molar-refractivity contribution >= 4 is 5.97 Å². The van der Waals surface area contributed by atoms with Crippen molar-refractivity contribution in [1.29, 1.82) is 5.26 Å². The third-order valence-electron chi connectivity index (χ3n) is 0.509. The summed E-state index contributed by atoms with van der Waals surface area (Å²) in [4.78, 5) is 9.98. The molecule has 0 unspecified atom stereocenters. The normalized spacial score (nSPS) is 6.60. The molecule has 0 aliphatic rings. The molecule has 0 amide bonds. The molecule has 0 aromatic heterocycles. The van der Waals surface area contributed by atoms with Gasteiger partial charge >= 0.3 is 5.97 Å². The van der Waals surface area contributed by atoms with E-state index in [1.165, 1.54) is 13.8 Å². The zero-order valence-electron chi connectivity index (χ0n) is 6.68. The van der Waals surface area contributed by atoms with Crippen LogP contribution in [0.4, 0.5) is 0 Å². The van der Waals surface area contributed by atoms with Crippen molar-refractivity contribution in [1.82, 2.24) is 0 Å². The van der Waals surface area contributed by atoms with Gasteiger partial charge in [0.1, 0.15) is 0 Å². The molecule has 3 nitrogen and oxygen atoms in total. The Morgan fingerprint density at radius 3 is 2.20 bits per heavy atom. The van der Waals surface area contributed by atoms with E-state index in [2.05, 4.69) is 4.74 Å². The Bertz CT molecular complexity index is 115. The first-order valence-corrected chi connectivity index (χ1v) is 3.13. The molecule has 10 heavy (non-hydrogen) atoms. The van der Waals surface area contributed by atoms with Crippen molar-refractivity contribution < 1.29 is 9.53 Å². The number of hydrogen-bond acceptors (Lipinski definition) is 3. The SMILES string of the molecule is CC#N.CCCOC(C)=O. The summed E-state index contributed by atoms with van der Waals surface area (Å²) in [6.07, 6.45) is 0.902. The number of carbonyl (C=O) groups excluding carboxylic acids is 1. The Morgan fingerprint density at radius 2 is 2.10 bits per heavy atom. The first-order chi connectivity index (χ1) is 4.68. The van der Waals surface area contributed by atoms with Crippen molar-refractivity contribution in [3.63, 3.8) is 0 Å². The lowest BCUT2D eigenvalue weighted by atomic mass is 10.5. The lowest BCUT2D eigenvalue weighted by molar-refractivity contribution is -0.140. The van der Waals surface area contributed by atoms with Crippen LogP contribution in [0, 0.1) is 11.3 Å². The molecule has 0 radical (unpaired) electrons. The Kier molecular flexibility index (Phi) is 12.7. The average molecular weight is 143 g/mol. The zero-order valence-corrected chi connectivity index (χ0v) is 6.68. The molecule has 0 rings (SSSR count). The molecule has 58 valence electrons. The predicted octanol–water partition coefficient (Wildman–Crippen LogP) is 1.49. The van der Waals surface area contributed by atoms with Gasteiger partial charge in [0.25, 0.3) is 0 Å². The van der Waals surface area contributed by atoms with Gasteiger partial charge in [-0.15, -0.1) is 0 Å². The maximum atomic E-state index is 9.98. The predicted molar refractivity (Wildman–Crippen MR) is 38.2 cm³/mol. The number of hydrogen-bond donors (Lipinski definition) is 0. The van der Waals surface area contributed by atoms with Crippen molar-refractivity contribution in [3.8, 4) is 6.07 Å². The largest absolute Gasteiger partial charge is 0.466 e. The molecule has 0 N–H and O–H groups in total. The van der Waals surface area contributed by atoms with Gasteiger partial charge in [-0.3, -0.25) is 4.79 Å². The van der Waals surface area contributed by atoms with E-state index in [-0.39, 0.29) is 5.97 Å². The quantitative estimate of drug-likeness (QED) is 0.550. The van der Waals surface area contributed by atoms with E-state index < -0.39 is 0 Å². The number of carbonyl (C=O) groups is 1. The highest BCUT2D eigenvalue weighted by molar-refractivity contribution is 5.65. The summed E-state index contributed by atoms with van der Waals surface area (Å²) in [6, 6.07) is 1.75. The van der Waals surface area contributed by atoms with Crippen molar-refractivity contribution in [2.24, 2.45) is 0 Å². The summed E-state index contributed by atoms with van der Waals surface area (Å²) in [6.45, 7) is 5.36. The van der Waals surface area contributed by atoms with Crippen LogP contribution >= 0.6 is 0 Å². The number of nitrogens with zero attached hydrogens (tertiary/aromatic N) is 1. The Hall–Kier alpha value is -1.04. The second-order valence-electron chi connectivity index (χ2n) is 1.56.